The van der Waals surface area contributed by atoms with Crippen molar-refractivity contribution >= 4 is 17.4 Å². The monoisotopic (exact) mass is 246 g/mol. The summed E-state index contributed by atoms with van der Waals surface area (Å²) < 4.78 is 0. The molecule has 0 aromatic heterocycles. The van der Waals surface area contributed by atoms with Crippen molar-refractivity contribution in [1.82, 2.24) is 4.90 Å². The fraction of sp³-hybridized carbons (Fsp3) is 0.429. The highest BCUT2D eigenvalue weighted by Gasteiger charge is 2.25. The number of amides is 1. The zero-order valence-electron chi connectivity index (χ0n) is 10.8. The fourth-order valence-corrected chi connectivity index (χ4v) is 2.18. The molecule has 1 aliphatic rings. The van der Waals surface area contributed by atoms with Crippen molar-refractivity contribution in [1.29, 1.82) is 0 Å². The summed E-state index contributed by atoms with van der Waals surface area (Å²) in [6, 6.07) is 7.01. The predicted octanol–water partition coefficient (Wildman–Crippen LogP) is 1.78. The first-order chi connectivity index (χ1) is 8.56. The Labute approximate surface area is 107 Å². The van der Waals surface area contributed by atoms with Crippen LogP contribution in [0.5, 0.6) is 0 Å². The van der Waals surface area contributed by atoms with E-state index in [9.17, 15) is 9.59 Å². The molecule has 0 radical (unpaired) electrons. The third-order valence-electron chi connectivity index (χ3n) is 3.32. The molecule has 1 N–H and O–H groups in total. The van der Waals surface area contributed by atoms with Gasteiger partial charge in [-0.25, -0.2) is 0 Å². The molecule has 1 heterocycles. The zero-order valence-corrected chi connectivity index (χ0v) is 10.8. The first-order valence-corrected chi connectivity index (χ1v) is 6.16. The number of hydrogen-bond acceptors (Lipinski definition) is 3. The van der Waals surface area contributed by atoms with Crippen LogP contribution in [-0.2, 0) is 4.79 Å². The Morgan fingerprint density at radius 2 is 1.94 bits per heavy atom. The number of anilines is 1. The maximum atomic E-state index is 12.0. The molecule has 0 bridgehead atoms. The van der Waals surface area contributed by atoms with Crippen LogP contribution < -0.4 is 5.32 Å². The third kappa shape index (κ3) is 2.96. The van der Waals surface area contributed by atoms with Crippen molar-refractivity contribution in [2.75, 3.05) is 25.5 Å². The standard InChI is InChI=1S/C14H18N2O2/c1-10(17)11-3-5-13(6-4-11)15-14(18)12-7-8-16(2)9-12/h3-6,12H,7-9H2,1-2H3,(H,15,18). The van der Waals surface area contributed by atoms with Gasteiger partial charge in [0, 0.05) is 17.8 Å². The van der Waals surface area contributed by atoms with E-state index in [-0.39, 0.29) is 17.6 Å². The van der Waals surface area contributed by atoms with Crippen LogP contribution in [0, 0.1) is 5.92 Å². The molecule has 1 fully saturated rings. The number of carbonyl (C=O) groups excluding carboxylic acids is 2. The number of nitrogens with one attached hydrogen (secondary N) is 1. The van der Waals surface area contributed by atoms with E-state index < -0.39 is 0 Å². The molecule has 96 valence electrons. The molecule has 1 unspecified atom stereocenters. The molecule has 0 spiro atoms. The normalized spacial score (nSPS) is 19.8. The van der Waals surface area contributed by atoms with Gasteiger partial charge in [-0.15, -0.1) is 0 Å². The molecular weight excluding hydrogens is 228 g/mol. The van der Waals surface area contributed by atoms with Gasteiger partial charge in [0.25, 0.3) is 0 Å². The first-order valence-electron chi connectivity index (χ1n) is 6.16. The summed E-state index contributed by atoms with van der Waals surface area (Å²) in [7, 11) is 2.02. The largest absolute Gasteiger partial charge is 0.326 e. The maximum absolute atomic E-state index is 12.0. The average Bonchev–Trinajstić information content (AvgIpc) is 2.76. The Morgan fingerprint density at radius 1 is 1.28 bits per heavy atom. The molecule has 0 aliphatic carbocycles. The fourth-order valence-electron chi connectivity index (χ4n) is 2.18. The van der Waals surface area contributed by atoms with Gasteiger partial charge in [0.2, 0.25) is 5.91 Å². The summed E-state index contributed by atoms with van der Waals surface area (Å²) in [6.07, 6.45) is 0.911. The molecule has 4 nitrogen and oxygen atoms in total. The van der Waals surface area contributed by atoms with Crippen molar-refractivity contribution < 1.29 is 9.59 Å². The molecule has 2 rings (SSSR count). The van der Waals surface area contributed by atoms with Crippen molar-refractivity contribution in [2.24, 2.45) is 5.92 Å². The highest BCUT2D eigenvalue weighted by Crippen LogP contribution is 2.17. The van der Waals surface area contributed by atoms with Gasteiger partial charge in [-0.2, -0.15) is 0 Å². The summed E-state index contributed by atoms with van der Waals surface area (Å²) in [5, 5.41) is 2.89. The van der Waals surface area contributed by atoms with Crippen LogP contribution in [0.4, 0.5) is 5.69 Å². The van der Waals surface area contributed by atoms with Crippen LogP contribution in [0.2, 0.25) is 0 Å². The lowest BCUT2D eigenvalue weighted by Crippen LogP contribution is -2.25. The number of carbonyl (C=O) groups is 2. The Hall–Kier alpha value is -1.68. The number of hydrogen-bond donors (Lipinski definition) is 1. The van der Waals surface area contributed by atoms with Crippen molar-refractivity contribution in [3.05, 3.63) is 29.8 Å². The van der Waals surface area contributed by atoms with Crippen molar-refractivity contribution in [3.63, 3.8) is 0 Å². The summed E-state index contributed by atoms with van der Waals surface area (Å²) >= 11 is 0. The molecule has 0 saturated carbocycles. The minimum absolute atomic E-state index is 0.0327. The second-order valence-electron chi connectivity index (χ2n) is 4.87. The van der Waals surface area contributed by atoms with E-state index >= 15 is 0 Å². The van der Waals surface area contributed by atoms with Gasteiger partial charge in [0.05, 0.1) is 5.92 Å². The van der Waals surface area contributed by atoms with E-state index in [0.717, 1.165) is 25.2 Å². The predicted molar refractivity (Wildman–Crippen MR) is 70.7 cm³/mol. The maximum Gasteiger partial charge on any atom is 0.228 e. The molecule has 18 heavy (non-hydrogen) atoms. The quantitative estimate of drug-likeness (QED) is 0.827. The minimum atomic E-state index is 0.0327. The molecule has 1 aliphatic heterocycles. The molecule has 1 amide bonds. The average molecular weight is 246 g/mol. The first kappa shape index (κ1) is 12.8. The lowest BCUT2D eigenvalue weighted by atomic mass is 10.1. The molecule has 1 saturated heterocycles. The summed E-state index contributed by atoms with van der Waals surface area (Å²) in [4.78, 5) is 25.3. The van der Waals surface area contributed by atoms with E-state index in [1.54, 1.807) is 24.3 Å². The number of ketones is 1. The lowest BCUT2D eigenvalue weighted by Gasteiger charge is -2.11. The molecule has 1 aromatic carbocycles. The Bertz CT molecular complexity index is 453. The van der Waals surface area contributed by atoms with Crippen LogP contribution in [-0.4, -0.2) is 36.7 Å². The summed E-state index contributed by atoms with van der Waals surface area (Å²) in [5.41, 5.74) is 1.41. The minimum Gasteiger partial charge on any atom is -0.326 e. The second kappa shape index (κ2) is 5.31. The van der Waals surface area contributed by atoms with Gasteiger partial charge in [-0.05, 0) is 51.2 Å². The Morgan fingerprint density at radius 3 is 2.44 bits per heavy atom. The van der Waals surface area contributed by atoms with E-state index in [2.05, 4.69) is 10.2 Å². The molecule has 1 atom stereocenters. The van der Waals surface area contributed by atoms with Crippen LogP contribution in [0.25, 0.3) is 0 Å². The zero-order chi connectivity index (χ0) is 13.1. The van der Waals surface area contributed by atoms with Gasteiger partial charge in [0.1, 0.15) is 0 Å². The highest BCUT2D eigenvalue weighted by atomic mass is 16.2. The van der Waals surface area contributed by atoms with Gasteiger partial charge in [0.15, 0.2) is 5.78 Å². The van der Waals surface area contributed by atoms with E-state index in [1.165, 1.54) is 6.92 Å². The smallest absolute Gasteiger partial charge is 0.228 e. The SMILES string of the molecule is CC(=O)c1ccc(NC(=O)C2CCN(C)C2)cc1. The van der Waals surface area contributed by atoms with E-state index in [1.807, 2.05) is 7.05 Å². The van der Waals surface area contributed by atoms with E-state index in [4.69, 9.17) is 0 Å². The molecule has 4 heteroatoms. The van der Waals surface area contributed by atoms with Crippen molar-refractivity contribution in [3.8, 4) is 0 Å². The van der Waals surface area contributed by atoms with Gasteiger partial charge >= 0.3 is 0 Å². The van der Waals surface area contributed by atoms with Crippen LogP contribution in [0.1, 0.15) is 23.7 Å². The highest BCUT2D eigenvalue weighted by molar-refractivity contribution is 5.96. The number of likely N-dealkylation sites (tertiary alicyclic amines) is 1. The summed E-state index contributed by atoms with van der Waals surface area (Å²) in [6.45, 7) is 3.32. The second-order valence-corrected chi connectivity index (χ2v) is 4.87. The Kier molecular flexibility index (Phi) is 3.77. The summed E-state index contributed by atoms with van der Waals surface area (Å²) in [5.74, 6) is 0.169. The molecular formula is C14H18N2O2. The van der Waals surface area contributed by atoms with Crippen LogP contribution >= 0.6 is 0 Å². The third-order valence-corrected chi connectivity index (χ3v) is 3.32. The Balaban J connectivity index is 1.97. The van der Waals surface area contributed by atoms with Crippen LogP contribution in [0.3, 0.4) is 0 Å². The lowest BCUT2D eigenvalue weighted by molar-refractivity contribution is -0.119. The van der Waals surface area contributed by atoms with E-state index in [0.29, 0.717) is 5.56 Å². The van der Waals surface area contributed by atoms with Crippen LogP contribution in [0.15, 0.2) is 24.3 Å². The van der Waals surface area contributed by atoms with Gasteiger partial charge < -0.3 is 10.2 Å². The van der Waals surface area contributed by atoms with Gasteiger partial charge in [-0.3, -0.25) is 9.59 Å². The number of benzene rings is 1. The topological polar surface area (TPSA) is 49.4 Å². The number of Topliss-reactive ketones (excluding diaryl/α,β-unsaturated/α-hetero) is 1. The molecule has 1 aromatic rings. The number of rotatable bonds is 3. The number of nitrogens with zero attached hydrogens (tertiary/aromatic N) is 1. The van der Waals surface area contributed by atoms with Crippen molar-refractivity contribution in [2.45, 2.75) is 13.3 Å². The van der Waals surface area contributed by atoms with Gasteiger partial charge in [-0.1, -0.05) is 0 Å².